The highest BCUT2D eigenvalue weighted by atomic mass is 17.0. The molecule has 0 amide bonds. The monoisotopic (exact) mass is 306 g/mol. The van der Waals surface area contributed by atoms with E-state index >= 15 is 0 Å². The summed E-state index contributed by atoms with van der Waals surface area (Å²) in [5.74, 6) is 0. The van der Waals surface area contributed by atoms with E-state index < -0.39 is 50.5 Å². The lowest BCUT2D eigenvalue weighted by molar-refractivity contribution is -0.0349. The van der Waals surface area contributed by atoms with E-state index in [-0.39, 0.29) is 0 Å². The van der Waals surface area contributed by atoms with Gasteiger partial charge in [-0.25, -0.2) is 0 Å². The first-order valence-electron chi connectivity index (χ1n) is 5.53. The van der Waals surface area contributed by atoms with Gasteiger partial charge >= 0.3 is 50.5 Å². The predicted octanol–water partition coefficient (Wildman–Crippen LogP) is -6.07. The van der Waals surface area contributed by atoms with Crippen molar-refractivity contribution in [2.45, 2.75) is 0 Å². The maximum Gasteiger partial charge on any atom is 0.582 e. The van der Waals surface area contributed by atoms with Gasteiger partial charge in [-0.1, -0.05) is 0 Å². The van der Waals surface area contributed by atoms with Gasteiger partial charge in [0.05, 0.1) is 0 Å². The molecule has 21 heteroatoms. The highest BCUT2D eigenvalue weighted by Gasteiger charge is 2.58. The first-order valence-corrected chi connectivity index (χ1v) is 5.53. The summed E-state index contributed by atoms with van der Waals surface area (Å²) in [5, 5.41) is 46.4. The first-order chi connectivity index (χ1) is 9.80. The topological polar surface area (TPSA) is 184 Å². The summed E-state index contributed by atoms with van der Waals surface area (Å²) in [6.07, 6.45) is 0. The zero-order chi connectivity index (χ0) is 15.3. The highest BCUT2D eigenvalue weighted by Crippen LogP contribution is 2.32. The Morgan fingerprint density at radius 3 is 1.10 bits per heavy atom. The molecule has 0 aromatic rings. The molecule has 21 heavy (non-hydrogen) atoms. The van der Waals surface area contributed by atoms with Crippen molar-refractivity contribution in [2.75, 3.05) is 0 Å². The molecule has 0 saturated carbocycles. The average molecular weight is 305 g/mol. The summed E-state index contributed by atoms with van der Waals surface area (Å²) in [5.41, 5.74) is 0. The second-order valence-corrected chi connectivity index (χ2v) is 3.91. The SMILES string of the molecule is OB1OB(O)O[B-]2(O1)OB(O)O[B-]1(OB(O)OB(O)O1)O2. The molecule has 2 spiro atoms. The van der Waals surface area contributed by atoms with Crippen LogP contribution in [0.1, 0.15) is 0 Å². The van der Waals surface area contributed by atoms with E-state index in [4.69, 9.17) is 4.57 Å². The van der Waals surface area contributed by atoms with Crippen LogP contribution in [0.25, 0.3) is 0 Å². The van der Waals surface area contributed by atoms with Crippen molar-refractivity contribution in [1.29, 1.82) is 0 Å². The third-order valence-electron chi connectivity index (χ3n) is 2.50. The van der Waals surface area contributed by atoms with E-state index in [0.717, 1.165) is 0 Å². The van der Waals surface area contributed by atoms with Crippen molar-refractivity contribution in [2.24, 2.45) is 0 Å². The van der Waals surface area contributed by atoms with Crippen molar-refractivity contribution in [3.8, 4) is 0 Å². The summed E-state index contributed by atoms with van der Waals surface area (Å²) < 4.78 is 41.3. The minimum Gasteiger partial charge on any atom is -0.680 e. The van der Waals surface area contributed by atoms with Gasteiger partial charge in [-0.3, -0.25) is 0 Å². The molecule has 3 aliphatic heterocycles. The molecule has 3 fully saturated rings. The van der Waals surface area contributed by atoms with E-state index in [1.165, 1.54) is 0 Å². The van der Waals surface area contributed by atoms with E-state index in [2.05, 4.69) is 36.6 Å². The molecular formula is H5B7O14-2. The van der Waals surface area contributed by atoms with E-state index in [1.807, 2.05) is 0 Å². The molecule has 0 atom stereocenters. The molecule has 0 aromatic carbocycles. The van der Waals surface area contributed by atoms with E-state index in [9.17, 15) is 25.1 Å². The largest absolute Gasteiger partial charge is 0.680 e. The molecule has 3 rings (SSSR count). The van der Waals surface area contributed by atoms with Crippen LogP contribution in [-0.2, 0) is 41.1 Å². The lowest BCUT2D eigenvalue weighted by atomic mass is 9.78. The summed E-state index contributed by atoms with van der Waals surface area (Å²) in [6.45, 7) is -7.10. The number of rotatable bonds is 0. The van der Waals surface area contributed by atoms with Gasteiger partial charge in [-0.15, -0.1) is 0 Å². The van der Waals surface area contributed by atoms with Gasteiger partial charge in [-0.2, -0.15) is 0 Å². The fourth-order valence-corrected chi connectivity index (χ4v) is 1.80. The Bertz CT molecular complexity index is 322. The van der Waals surface area contributed by atoms with E-state index in [1.54, 1.807) is 0 Å². The van der Waals surface area contributed by atoms with Crippen molar-refractivity contribution in [1.82, 2.24) is 0 Å². The highest BCUT2D eigenvalue weighted by molar-refractivity contribution is 6.87. The predicted molar refractivity (Wildman–Crippen MR) is 61.1 cm³/mol. The van der Waals surface area contributed by atoms with E-state index in [0.29, 0.717) is 0 Å². The third-order valence-corrected chi connectivity index (χ3v) is 2.50. The molecule has 112 valence electrons. The molecule has 5 N–H and O–H groups in total. The van der Waals surface area contributed by atoms with Crippen molar-refractivity contribution in [3.05, 3.63) is 0 Å². The maximum absolute atomic E-state index is 9.47. The third kappa shape index (κ3) is 3.31. The van der Waals surface area contributed by atoms with Crippen molar-refractivity contribution < 1.29 is 66.3 Å². The van der Waals surface area contributed by atoms with Crippen LogP contribution in [0, 0.1) is 0 Å². The Labute approximate surface area is 118 Å². The Balaban J connectivity index is 1.84. The molecule has 3 aliphatic rings. The molecular weight excluding hydrogens is 300 g/mol. The fourth-order valence-electron chi connectivity index (χ4n) is 1.80. The molecule has 14 nitrogen and oxygen atoms in total. The van der Waals surface area contributed by atoms with Crippen LogP contribution in [0.2, 0.25) is 0 Å². The lowest BCUT2D eigenvalue weighted by Gasteiger charge is -2.62. The van der Waals surface area contributed by atoms with Gasteiger partial charge in [0.25, 0.3) is 0 Å². The molecule has 0 bridgehead atoms. The molecule has 0 aliphatic carbocycles. The Kier molecular flexibility index (Phi) is 4.14. The van der Waals surface area contributed by atoms with Gasteiger partial charge in [0.2, 0.25) is 0 Å². The minimum atomic E-state index is -3.55. The van der Waals surface area contributed by atoms with Crippen LogP contribution >= 0.6 is 0 Å². The fraction of sp³-hybridized carbons (Fsp3) is 0. The molecule has 3 saturated heterocycles. The Hall–Kier alpha value is -0.105. The minimum absolute atomic E-state index is 2.05. The summed E-state index contributed by atoms with van der Waals surface area (Å²) in [6, 6.07) is 0. The van der Waals surface area contributed by atoms with Crippen LogP contribution in [0.15, 0.2) is 0 Å². The number of hydrogen-bond donors (Lipinski definition) is 5. The molecule has 0 radical (unpaired) electrons. The number of hydrogen-bond acceptors (Lipinski definition) is 14. The molecule has 0 unspecified atom stereocenters. The van der Waals surface area contributed by atoms with Crippen LogP contribution in [0.5, 0.6) is 0 Å². The normalized spacial score (nSPS) is 28.7. The summed E-state index contributed by atoms with van der Waals surface area (Å²) in [4.78, 5) is 0. The van der Waals surface area contributed by atoms with Crippen LogP contribution in [0.4, 0.5) is 0 Å². The second-order valence-electron chi connectivity index (χ2n) is 3.91. The van der Waals surface area contributed by atoms with Gasteiger partial charge in [0.1, 0.15) is 0 Å². The standard InChI is InChI=1S/B7H5O14/c8-1-13-2(9)16-6(15-1)19-5(12)20-7(21-6)17-3(10)14-4(11)18-7/h8-12H/q-2. The quantitative estimate of drug-likeness (QED) is 0.266. The Morgan fingerprint density at radius 1 is 0.476 bits per heavy atom. The zero-order valence-corrected chi connectivity index (χ0v) is 9.95. The Morgan fingerprint density at radius 2 is 0.762 bits per heavy atom. The van der Waals surface area contributed by atoms with Gasteiger partial charge in [-0.05, 0) is 0 Å². The average Bonchev–Trinajstić information content (AvgIpc) is 2.21. The zero-order valence-electron chi connectivity index (χ0n) is 9.95. The molecule has 0 aromatic heterocycles. The van der Waals surface area contributed by atoms with Gasteiger partial charge in [0.15, 0.2) is 0 Å². The summed E-state index contributed by atoms with van der Waals surface area (Å²) >= 11 is 0. The van der Waals surface area contributed by atoms with Crippen LogP contribution in [-0.4, -0.2) is 75.6 Å². The summed E-state index contributed by atoms with van der Waals surface area (Å²) in [7, 11) is -10.4. The van der Waals surface area contributed by atoms with Gasteiger partial charge < -0.3 is 66.3 Å². The lowest BCUT2D eigenvalue weighted by Crippen LogP contribution is -2.77. The van der Waals surface area contributed by atoms with Crippen molar-refractivity contribution >= 4 is 50.5 Å². The first kappa shape index (κ1) is 15.8. The van der Waals surface area contributed by atoms with Crippen molar-refractivity contribution in [3.63, 3.8) is 0 Å². The smallest absolute Gasteiger partial charge is 0.582 e. The van der Waals surface area contributed by atoms with Crippen LogP contribution < -0.4 is 0 Å². The van der Waals surface area contributed by atoms with Gasteiger partial charge in [0, 0.05) is 0 Å². The second kappa shape index (κ2) is 5.51. The van der Waals surface area contributed by atoms with Crippen LogP contribution in [0.3, 0.4) is 0 Å². The molecule has 3 heterocycles. The maximum atomic E-state index is 9.47.